The summed E-state index contributed by atoms with van der Waals surface area (Å²) in [5.74, 6) is 0.341. The summed E-state index contributed by atoms with van der Waals surface area (Å²) in [4.78, 5) is 16.4. The number of hydrogen-bond donors (Lipinski definition) is 1. The fourth-order valence-corrected chi connectivity index (χ4v) is 2.97. The molecule has 0 spiro atoms. The molecule has 2 rings (SSSR count). The maximum absolute atomic E-state index is 12.1. The molecule has 2 unspecified atom stereocenters. The average molecular weight is 238 g/mol. The van der Waals surface area contributed by atoms with E-state index in [1.165, 1.54) is 6.42 Å². The van der Waals surface area contributed by atoms with E-state index in [4.69, 9.17) is 5.73 Å². The van der Waals surface area contributed by atoms with Crippen molar-refractivity contribution in [2.24, 2.45) is 11.7 Å². The van der Waals surface area contributed by atoms with Crippen molar-refractivity contribution in [3.05, 3.63) is 16.1 Å². The first kappa shape index (κ1) is 11.7. The van der Waals surface area contributed by atoms with Crippen LogP contribution in [0.2, 0.25) is 0 Å². The molecule has 1 aromatic rings. The van der Waals surface area contributed by atoms with Gasteiger partial charge in [0.25, 0.3) is 0 Å². The molecular weight excluding hydrogens is 220 g/mol. The number of ketones is 1. The third-order valence-corrected chi connectivity index (χ3v) is 4.08. The zero-order valence-electron chi connectivity index (χ0n) is 9.61. The molecule has 1 aromatic heterocycles. The molecule has 0 saturated heterocycles. The largest absolute Gasteiger partial charge is 0.327 e. The molecular formula is C12H18N2OS. The molecule has 1 heterocycles. The number of carbonyl (C=O) groups excluding carboxylic acids is 1. The Morgan fingerprint density at radius 3 is 2.94 bits per heavy atom. The molecule has 0 amide bonds. The summed E-state index contributed by atoms with van der Waals surface area (Å²) in [5.41, 5.74) is 6.91. The first-order valence-corrected chi connectivity index (χ1v) is 6.74. The molecule has 0 aliphatic heterocycles. The second kappa shape index (κ2) is 5.06. The monoisotopic (exact) mass is 238 g/mol. The number of aromatic nitrogens is 1. The van der Waals surface area contributed by atoms with E-state index < -0.39 is 0 Å². The summed E-state index contributed by atoms with van der Waals surface area (Å²) < 4.78 is 0. The summed E-state index contributed by atoms with van der Waals surface area (Å²) in [6.07, 6.45) is 4.72. The Morgan fingerprint density at radius 2 is 2.31 bits per heavy atom. The first-order valence-electron chi connectivity index (χ1n) is 5.86. The summed E-state index contributed by atoms with van der Waals surface area (Å²) in [6, 6.07) is 0.0704. The molecule has 1 aliphatic carbocycles. The van der Waals surface area contributed by atoms with Crippen molar-refractivity contribution in [2.75, 3.05) is 0 Å². The lowest BCUT2D eigenvalue weighted by Crippen LogP contribution is -2.38. The van der Waals surface area contributed by atoms with Crippen LogP contribution < -0.4 is 5.73 Å². The molecule has 3 nitrogen and oxygen atoms in total. The van der Waals surface area contributed by atoms with Gasteiger partial charge in [0.05, 0.1) is 10.7 Å². The smallest absolute Gasteiger partial charge is 0.143 e. The second-order valence-electron chi connectivity index (χ2n) is 4.56. The van der Waals surface area contributed by atoms with Crippen LogP contribution >= 0.6 is 11.3 Å². The average Bonchev–Trinajstić information content (AvgIpc) is 2.64. The maximum atomic E-state index is 12.1. The molecule has 88 valence electrons. The number of Topliss-reactive ketones (excluding diaryl/α,β-unsaturated/α-hetero) is 1. The zero-order chi connectivity index (χ0) is 11.5. The molecule has 1 saturated carbocycles. The maximum Gasteiger partial charge on any atom is 0.143 e. The van der Waals surface area contributed by atoms with Crippen LogP contribution in [0.1, 0.15) is 36.4 Å². The van der Waals surface area contributed by atoms with Crippen molar-refractivity contribution in [1.82, 2.24) is 4.98 Å². The SMILES string of the molecule is Cc1nc(CC(=O)C2CCCCC2N)cs1. The minimum Gasteiger partial charge on any atom is -0.327 e. The highest BCUT2D eigenvalue weighted by molar-refractivity contribution is 7.09. The lowest BCUT2D eigenvalue weighted by Gasteiger charge is -2.27. The fraction of sp³-hybridized carbons (Fsp3) is 0.667. The van der Waals surface area contributed by atoms with E-state index in [-0.39, 0.29) is 17.7 Å². The standard InChI is InChI=1S/C12H18N2OS/c1-8-14-9(7-16-8)6-12(15)10-4-2-3-5-11(10)13/h7,10-11H,2-6,13H2,1H3. The van der Waals surface area contributed by atoms with Gasteiger partial charge in [0.15, 0.2) is 0 Å². The van der Waals surface area contributed by atoms with Crippen LogP contribution in [0, 0.1) is 12.8 Å². The van der Waals surface area contributed by atoms with Gasteiger partial charge in [-0.2, -0.15) is 0 Å². The summed E-state index contributed by atoms with van der Waals surface area (Å²) in [5, 5.41) is 3.00. The third-order valence-electron chi connectivity index (χ3n) is 3.25. The van der Waals surface area contributed by atoms with Gasteiger partial charge in [-0.05, 0) is 19.8 Å². The molecule has 2 atom stereocenters. The summed E-state index contributed by atoms with van der Waals surface area (Å²) in [6.45, 7) is 1.96. The van der Waals surface area contributed by atoms with Gasteiger partial charge in [0, 0.05) is 23.8 Å². The van der Waals surface area contributed by atoms with Gasteiger partial charge in [-0.3, -0.25) is 4.79 Å². The van der Waals surface area contributed by atoms with E-state index in [1.54, 1.807) is 11.3 Å². The van der Waals surface area contributed by atoms with Gasteiger partial charge in [0.1, 0.15) is 5.78 Å². The Morgan fingerprint density at radius 1 is 1.56 bits per heavy atom. The van der Waals surface area contributed by atoms with Crippen LogP contribution in [0.5, 0.6) is 0 Å². The lowest BCUT2D eigenvalue weighted by atomic mass is 9.81. The molecule has 1 aliphatic rings. The quantitative estimate of drug-likeness (QED) is 0.877. The Balaban J connectivity index is 1.96. The zero-order valence-corrected chi connectivity index (χ0v) is 10.4. The minimum absolute atomic E-state index is 0.0655. The van der Waals surface area contributed by atoms with E-state index in [1.807, 2.05) is 12.3 Å². The Kier molecular flexibility index (Phi) is 3.71. The van der Waals surface area contributed by atoms with Crippen molar-refractivity contribution in [2.45, 2.75) is 45.1 Å². The van der Waals surface area contributed by atoms with E-state index in [0.717, 1.165) is 30.0 Å². The number of aryl methyl sites for hydroxylation is 1. The van der Waals surface area contributed by atoms with Crippen LogP contribution in [0.4, 0.5) is 0 Å². The number of rotatable bonds is 3. The van der Waals surface area contributed by atoms with Gasteiger partial charge in [-0.25, -0.2) is 4.98 Å². The van der Waals surface area contributed by atoms with Gasteiger partial charge in [-0.1, -0.05) is 12.8 Å². The van der Waals surface area contributed by atoms with Crippen LogP contribution in [0.15, 0.2) is 5.38 Å². The second-order valence-corrected chi connectivity index (χ2v) is 5.62. The van der Waals surface area contributed by atoms with Crippen molar-refractivity contribution in [1.29, 1.82) is 0 Å². The van der Waals surface area contributed by atoms with E-state index in [2.05, 4.69) is 4.98 Å². The van der Waals surface area contributed by atoms with Gasteiger partial charge in [-0.15, -0.1) is 11.3 Å². The number of nitrogens with zero attached hydrogens (tertiary/aromatic N) is 1. The molecule has 4 heteroatoms. The number of thiazole rings is 1. The highest BCUT2D eigenvalue weighted by Gasteiger charge is 2.28. The van der Waals surface area contributed by atoms with Crippen LogP contribution in [-0.4, -0.2) is 16.8 Å². The molecule has 1 fully saturated rings. The molecule has 0 aromatic carbocycles. The van der Waals surface area contributed by atoms with E-state index in [0.29, 0.717) is 6.42 Å². The Hall–Kier alpha value is -0.740. The Labute approximate surface area is 100 Å². The van der Waals surface area contributed by atoms with Crippen molar-refractivity contribution in [3.63, 3.8) is 0 Å². The minimum atomic E-state index is 0.0655. The predicted molar refractivity (Wildman–Crippen MR) is 65.5 cm³/mol. The molecule has 2 N–H and O–H groups in total. The van der Waals surface area contributed by atoms with E-state index >= 15 is 0 Å². The number of hydrogen-bond acceptors (Lipinski definition) is 4. The van der Waals surface area contributed by atoms with Crippen molar-refractivity contribution in [3.8, 4) is 0 Å². The van der Waals surface area contributed by atoms with Gasteiger partial charge in [0.2, 0.25) is 0 Å². The van der Waals surface area contributed by atoms with E-state index in [9.17, 15) is 4.79 Å². The lowest BCUT2D eigenvalue weighted by molar-refractivity contribution is -0.123. The fourth-order valence-electron chi connectivity index (χ4n) is 2.36. The van der Waals surface area contributed by atoms with Crippen LogP contribution in [0.25, 0.3) is 0 Å². The predicted octanol–water partition coefficient (Wildman–Crippen LogP) is 2.08. The molecule has 16 heavy (non-hydrogen) atoms. The topological polar surface area (TPSA) is 56.0 Å². The third kappa shape index (κ3) is 2.68. The first-order chi connectivity index (χ1) is 7.66. The van der Waals surface area contributed by atoms with Crippen LogP contribution in [0.3, 0.4) is 0 Å². The van der Waals surface area contributed by atoms with Crippen molar-refractivity contribution >= 4 is 17.1 Å². The van der Waals surface area contributed by atoms with Gasteiger partial charge >= 0.3 is 0 Å². The Bertz CT molecular complexity index is 375. The highest BCUT2D eigenvalue weighted by atomic mass is 32.1. The summed E-state index contributed by atoms with van der Waals surface area (Å²) >= 11 is 1.60. The molecule has 0 bridgehead atoms. The summed E-state index contributed by atoms with van der Waals surface area (Å²) in [7, 11) is 0. The van der Waals surface area contributed by atoms with Gasteiger partial charge < -0.3 is 5.73 Å². The normalized spacial score (nSPS) is 25.6. The van der Waals surface area contributed by atoms with Crippen molar-refractivity contribution < 1.29 is 4.79 Å². The van der Waals surface area contributed by atoms with Crippen LogP contribution in [-0.2, 0) is 11.2 Å². The number of nitrogens with two attached hydrogens (primary N) is 1. The molecule has 0 radical (unpaired) electrons. The highest BCUT2D eigenvalue weighted by Crippen LogP contribution is 2.25. The number of carbonyl (C=O) groups is 1.